The number of ketones is 1. The molecule has 2 aromatic rings. The number of hydrogen-bond acceptors (Lipinski definition) is 2. The summed E-state index contributed by atoms with van der Waals surface area (Å²) >= 11 is 3.51. The lowest BCUT2D eigenvalue weighted by atomic mass is 9.76. The molecule has 0 spiro atoms. The SMILES string of the molecule is CC1(C)CC(=O)c2c(Br)cn(-c3ccccn3)c2C1. The molecular formula is C15H15BrN2O. The molecule has 0 atom stereocenters. The summed E-state index contributed by atoms with van der Waals surface area (Å²) in [7, 11) is 0. The van der Waals surface area contributed by atoms with Gasteiger partial charge >= 0.3 is 0 Å². The third kappa shape index (κ3) is 2.14. The number of fused-ring (bicyclic) bond motifs is 1. The Morgan fingerprint density at radius 2 is 2.11 bits per heavy atom. The van der Waals surface area contributed by atoms with Crippen LogP contribution in [0.5, 0.6) is 0 Å². The van der Waals surface area contributed by atoms with Crippen LogP contribution in [0.1, 0.15) is 36.3 Å². The number of Topliss-reactive ketones (excluding diaryl/α,β-unsaturated/α-hetero) is 1. The molecule has 0 N–H and O–H groups in total. The zero-order valence-corrected chi connectivity index (χ0v) is 12.6. The van der Waals surface area contributed by atoms with Gasteiger partial charge in [-0.15, -0.1) is 0 Å². The molecule has 0 amide bonds. The smallest absolute Gasteiger partial charge is 0.166 e. The quantitative estimate of drug-likeness (QED) is 0.801. The standard InChI is InChI=1S/C15H15BrN2O/c1-15(2)7-11-14(12(19)8-15)10(16)9-18(11)13-5-3-4-6-17-13/h3-6,9H,7-8H2,1-2H3. The molecule has 1 aliphatic carbocycles. The second-order valence-electron chi connectivity index (χ2n) is 5.80. The lowest BCUT2D eigenvalue weighted by Crippen LogP contribution is -2.28. The van der Waals surface area contributed by atoms with E-state index in [2.05, 4.69) is 34.8 Å². The zero-order valence-electron chi connectivity index (χ0n) is 11.0. The van der Waals surface area contributed by atoms with Crippen LogP contribution in [0.3, 0.4) is 0 Å². The van der Waals surface area contributed by atoms with E-state index in [-0.39, 0.29) is 11.2 Å². The Balaban J connectivity index is 2.20. The summed E-state index contributed by atoms with van der Waals surface area (Å²) in [5, 5.41) is 0. The van der Waals surface area contributed by atoms with Gasteiger partial charge < -0.3 is 4.57 Å². The minimum atomic E-state index is 0.00834. The van der Waals surface area contributed by atoms with E-state index in [9.17, 15) is 4.79 Å². The topological polar surface area (TPSA) is 34.9 Å². The van der Waals surface area contributed by atoms with Gasteiger partial charge in [-0.1, -0.05) is 19.9 Å². The fraction of sp³-hybridized carbons (Fsp3) is 0.333. The molecule has 3 rings (SSSR count). The van der Waals surface area contributed by atoms with Crippen molar-refractivity contribution in [2.75, 3.05) is 0 Å². The fourth-order valence-electron chi connectivity index (χ4n) is 2.72. The molecule has 0 saturated carbocycles. The average Bonchev–Trinajstić information content (AvgIpc) is 2.66. The maximum atomic E-state index is 12.3. The number of carbonyl (C=O) groups excluding carboxylic acids is 1. The lowest BCUT2D eigenvalue weighted by molar-refractivity contribution is 0.0910. The van der Waals surface area contributed by atoms with Crippen molar-refractivity contribution in [3.8, 4) is 5.82 Å². The second kappa shape index (κ2) is 4.30. The molecule has 2 heterocycles. The highest BCUT2D eigenvalue weighted by molar-refractivity contribution is 9.10. The van der Waals surface area contributed by atoms with Gasteiger partial charge in [0.15, 0.2) is 5.78 Å². The van der Waals surface area contributed by atoms with Crippen LogP contribution in [0.4, 0.5) is 0 Å². The monoisotopic (exact) mass is 318 g/mol. The summed E-state index contributed by atoms with van der Waals surface area (Å²) < 4.78 is 2.90. The Hall–Kier alpha value is -1.42. The Morgan fingerprint density at radius 3 is 2.79 bits per heavy atom. The molecule has 2 aromatic heterocycles. The Bertz CT molecular complexity index is 644. The van der Waals surface area contributed by atoms with Crippen molar-refractivity contribution in [2.45, 2.75) is 26.7 Å². The van der Waals surface area contributed by atoms with Gasteiger partial charge in [0.25, 0.3) is 0 Å². The van der Waals surface area contributed by atoms with Gasteiger partial charge in [0.05, 0.1) is 5.56 Å². The van der Waals surface area contributed by atoms with E-state index in [1.807, 2.05) is 29.0 Å². The summed E-state index contributed by atoms with van der Waals surface area (Å²) in [6, 6.07) is 5.81. The summed E-state index contributed by atoms with van der Waals surface area (Å²) in [4.78, 5) is 16.7. The van der Waals surface area contributed by atoms with Crippen LogP contribution >= 0.6 is 15.9 Å². The van der Waals surface area contributed by atoms with Crippen molar-refractivity contribution in [2.24, 2.45) is 5.41 Å². The highest BCUT2D eigenvalue weighted by atomic mass is 79.9. The molecule has 1 aliphatic rings. The number of pyridine rings is 1. The molecule has 0 fully saturated rings. The maximum absolute atomic E-state index is 12.3. The van der Waals surface area contributed by atoms with Gasteiger partial charge in [0.1, 0.15) is 5.82 Å². The molecule has 0 aliphatic heterocycles. The van der Waals surface area contributed by atoms with E-state index in [0.717, 1.165) is 28.0 Å². The molecule has 19 heavy (non-hydrogen) atoms. The van der Waals surface area contributed by atoms with Crippen LogP contribution in [0.15, 0.2) is 35.1 Å². The second-order valence-corrected chi connectivity index (χ2v) is 6.65. The number of halogens is 1. The third-order valence-electron chi connectivity index (χ3n) is 3.52. The molecule has 0 radical (unpaired) electrons. The molecule has 98 valence electrons. The maximum Gasteiger partial charge on any atom is 0.166 e. The van der Waals surface area contributed by atoms with Gasteiger partial charge in [-0.2, -0.15) is 0 Å². The number of carbonyl (C=O) groups is 1. The Labute approximate surface area is 120 Å². The van der Waals surface area contributed by atoms with Crippen LogP contribution in [0, 0.1) is 5.41 Å². The first kappa shape index (κ1) is 12.6. The summed E-state index contributed by atoms with van der Waals surface area (Å²) in [5.41, 5.74) is 1.89. The first-order valence-electron chi connectivity index (χ1n) is 6.32. The van der Waals surface area contributed by atoms with Crippen LogP contribution in [-0.4, -0.2) is 15.3 Å². The van der Waals surface area contributed by atoms with E-state index in [1.165, 1.54) is 0 Å². The first-order chi connectivity index (χ1) is 8.98. The number of rotatable bonds is 1. The molecule has 0 unspecified atom stereocenters. The minimum Gasteiger partial charge on any atom is -0.304 e. The number of hydrogen-bond donors (Lipinski definition) is 0. The zero-order chi connectivity index (χ0) is 13.6. The van der Waals surface area contributed by atoms with Crippen LogP contribution in [-0.2, 0) is 6.42 Å². The largest absolute Gasteiger partial charge is 0.304 e. The van der Waals surface area contributed by atoms with Crippen molar-refractivity contribution < 1.29 is 4.79 Å². The molecular weight excluding hydrogens is 304 g/mol. The van der Waals surface area contributed by atoms with Gasteiger partial charge in [-0.25, -0.2) is 4.98 Å². The molecule has 4 heteroatoms. The van der Waals surface area contributed by atoms with Crippen molar-refractivity contribution in [3.05, 3.63) is 46.3 Å². The van der Waals surface area contributed by atoms with Gasteiger partial charge in [0.2, 0.25) is 0 Å². The summed E-state index contributed by atoms with van der Waals surface area (Å²) in [6.07, 6.45) is 5.21. The highest BCUT2D eigenvalue weighted by Crippen LogP contribution is 2.39. The van der Waals surface area contributed by atoms with Crippen molar-refractivity contribution >= 4 is 21.7 Å². The first-order valence-corrected chi connectivity index (χ1v) is 7.11. The van der Waals surface area contributed by atoms with Crippen LogP contribution in [0.2, 0.25) is 0 Å². The lowest BCUT2D eigenvalue weighted by Gasteiger charge is -2.29. The molecule has 0 bridgehead atoms. The van der Waals surface area contributed by atoms with E-state index in [1.54, 1.807) is 6.20 Å². The number of nitrogens with zero attached hydrogens (tertiary/aromatic N) is 2. The number of aromatic nitrogens is 2. The van der Waals surface area contributed by atoms with Crippen molar-refractivity contribution in [1.82, 2.24) is 9.55 Å². The van der Waals surface area contributed by atoms with Gasteiger partial charge in [-0.05, 0) is 39.9 Å². The normalized spacial score (nSPS) is 17.3. The fourth-order valence-corrected chi connectivity index (χ4v) is 3.38. The predicted octanol–water partition coefficient (Wildman–Crippen LogP) is 3.79. The van der Waals surface area contributed by atoms with E-state index in [4.69, 9.17) is 0 Å². The van der Waals surface area contributed by atoms with Crippen molar-refractivity contribution in [1.29, 1.82) is 0 Å². The predicted molar refractivity (Wildman–Crippen MR) is 77.7 cm³/mol. The Morgan fingerprint density at radius 1 is 1.32 bits per heavy atom. The average molecular weight is 319 g/mol. The van der Waals surface area contributed by atoms with E-state index in [0.29, 0.717) is 6.42 Å². The van der Waals surface area contributed by atoms with Crippen LogP contribution < -0.4 is 0 Å². The Kier molecular flexibility index (Phi) is 2.86. The molecule has 0 aromatic carbocycles. The van der Waals surface area contributed by atoms with Crippen LogP contribution in [0.25, 0.3) is 5.82 Å². The van der Waals surface area contributed by atoms with Crippen molar-refractivity contribution in [3.63, 3.8) is 0 Å². The van der Waals surface area contributed by atoms with E-state index < -0.39 is 0 Å². The summed E-state index contributed by atoms with van der Waals surface area (Å²) in [6.45, 7) is 4.27. The van der Waals surface area contributed by atoms with E-state index >= 15 is 0 Å². The van der Waals surface area contributed by atoms with Gasteiger partial charge in [-0.3, -0.25) is 4.79 Å². The van der Waals surface area contributed by atoms with Gasteiger partial charge in [0, 0.05) is 29.0 Å². The minimum absolute atomic E-state index is 0.00834. The molecule has 3 nitrogen and oxygen atoms in total. The highest BCUT2D eigenvalue weighted by Gasteiger charge is 2.35. The summed E-state index contributed by atoms with van der Waals surface area (Å²) in [5.74, 6) is 1.07. The third-order valence-corrected chi connectivity index (χ3v) is 4.12. The molecule has 0 saturated heterocycles.